The predicted molar refractivity (Wildman–Crippen MR) is 63.1 cm³/mol. The van der Waals surface area contributed by atoms with Gasteiger partial charge >= 0.3 is 6.01 Å². The van der Waals surface area contributed by atoms with E-state index in [4.69, 9.17) is 4.42 Å². The van der Waals surface area contributed by atoms with Crippen LogP contribution in [0.1, 0.15) is 19.7 Å². The van der Waals surface area contributed by atoms with Crippen LogP contribution in [-0.2, 0) is 6.54 Å². The molecule has 1 atom stereocenters. The van der Waals surface area contributed by atoms with Gasteiger partial charge in [-0.15, -0.1) is 5.10 Å². The average molecular weight is 230 g/mol. The van der Waals surface area contributed by atoms with Crippen LogP contribution in [0.4, 0.5) is 6.01 Å². The quantitative estimate of drug-likeness (QED) is 0.737. The molecule has 0 amide bonds. The van der Waals surface area contributed by atoms with E-state index in [1.807, 2.05) is 18.8 Å². The fraction of sp³-hybridized carbons (Fsp3) is 0.778. The van der Waals surface area contributed by atoms with Crippen LogP contribution in [0.3, 0.4) is 0 Å². The smallest absolute Gasteiger partial charge is 0.315 e. The number of nitrogens with one attached hydrogen (secondary N) is 2. The molecular weight excluding hydrogens is 212 g/mol. The van der Waals surface area contributed by atoms with Crippen molar-refractivity contribution in [2.45, 2.75) is 26.4 Å². The fourth-order valence-corrected chi connectivity index (χ4v) is 1.75. The minimum atomic E-state index is 0.345. The van der Waals surface area contributed by atoms with E-state index in [9.17, 15) is 0 Å². The van der Waals surface area contributed by atoms with Crippen LogP contribution in [0.15, 0.2) is 4.42 Å². The molecule has 5 nitrogen and oxygen atoms in total. The highest BCUT2D eigenvalue weighted by Crippen LogP contribution is 2.09. The van der Waals surface area contributed by atoms with Gasteiger partial charge in [-0.3, -0.25) is 0 Å². The summed E-state index contributed by atoms with van der Waals surface area (Å²) in [6.07, 6.45) is 0. The molecule has 1 heterocycles. The summed E-state index contributed by atoms with van der Waals surface area (Å²) in [6.45, 7) is 4.85. The minimum absolute atomic E-state index is 0.345. The highest BCUT2D eigenvalue weighted by atomic mass is 32.2. The number of rotatable bonds is 7. The molecule has 1 unspecified atom stereocenters. The highest BCUT2D eigenvalue weighted by Gasteiger charge is 2.08. The number of anilines is 1. The van der Waals surface area contributed by atoms with E-state index in [-0.39, 0.29) is 0 Å². The third-order valence-corrected chi connectivity index (χ3v) is 2.88. The van der Waals surface area contributed by atoms with Gasteiger partial charge in [-0.05, 0) is 19.7 Å². The van der Waals surface area contributed by atoms with E-state index < -0.39 is 0 Å². The molecule has 1 rings (SSSR count). The van der Waals surface area contributed by atoms with Crippen molar-refractivity contribution in [3.63, 3.8) is 0 Å². The van der Waals surface area contributed by atoms with Gasteiger partial charge in [0.1, 0.15) is 0 Å². The summed E-state index contributed by atoms with van der Waals surface area (Å²) in [5, 5.41) is 13.9. The van der Waals surface area contributed by atoms with Gasteiger partial charge in [0.15, 0.2) is 0 Å². The fourth-order valence-electron chi connectivity index (χ4n) is 1.08. The molecule has 0 radical (unpaired) electrons. The molecule has 0 aliphatic rings. The Morgan fingerprint density at radius 2 is 2.27 bits per heavy atom. The van der Waals surface area contributed by atoms with Gasteiger partial charge in [-0.1, -0.05) is 12.0 Å². The summed E-state index contributed by atoms with van der Waals surface area (Å²) in [4.78, 5) is 0. The lowest BCUT2D eigenvalue weighted by atomic mass is 10.4. The number of hydrogen-bond acceptors (Lipinski definition) is 6. The third kappa shape index (κ3) is 4.53. The van der Waals surface area contributed by atoms with Crippen LogP contribution in [0.5, 0.6) is 0 Å². The van der Waals surface area contributed by atoms with Gasteiger partial charge in [-0.2, -0.15) is 11.8 Å². The molecule has 1 aromatic rings. The second-order valence-corrected chi connectivity index (χ2v) is 4.56. The minimum Gasteiger partial charge on any atom is -0.407 e. The number of aromatic nitrogens is 2. The molecule has 2 N–H and O–H groups in total. The van der Waals surface area contributed by atoms with Gasteiger partial charge in [-0.25, -0.2) is 0 Å². The van der Waals surface area contributed by atoms with Crippen molar-refractivity contribution in [2.24, 2.45) is 0 Å². The molecule has 0 aliphatic carbocycles. The summed E-state index contributed by atoms with van der Waals surface area (Å²) in [7, 11) is 1.85. The number of nitrogens with zero attached hydrogens (tertiary/aromatic N) is 2. The number of hydrogen-bond donors (Lipinski definition) is 2. The summed E-state index contributed by atoms with van der Waals surface area (Å²) < 4.78 is 5.37. The van der Waals surface area contributed by atoms with Crippen molar-refractivity contribution in [1.29, 1.82) is 0 Å². The van der Waals surface area contributed by atoms with Gasteiger partial charge < -0.3 is 15.1 Å². The third-order valence-electron chi connectivity index (χ3n) is 1.74. The van der Waals surface area contributed by atoms with E-state index >= 15 is 0 Å². The maximum atomic E-state index is 5.37. The van der Waals surface area contributed by atoms with Gasteiger partial charge in [0.05, 0.1) is 6.54 Å². The maximum absolute atomic E-state index is 5.37. The van der Waals surface area contributed by atoms with Gasteiger partial charge in [0.2, 0.25) is 5.89 Å². The van der Waals surface area contributed by atoms with Crippen molar-refractivity contribution in [2.75, 3.05) is 23.9 Å². The van der Waals surface area contributed by atoms with Crippen LogP contribution in [0, 0.1) is 0 Å². The Bertz CT molecular complexity index is 279. The van der Waals surface area contributed by atoms with E-state index in [0.29, 0.717) is 24.5 Å². The van der Waals surface area contributed by atoms with Crippen molar-refractivity contribution in [3.8, 4) is 0 Å². The monoisotopic (exact) mass is 230 g/mol. The molecule has 0 aromatic carbocycles. The lowest BCUT2D eigenvalue weighted by molar-refractivity contribution is 0.487. The van der Waals surface area contributed by atoms with Crippen molar-refractivity contribution >= 4 is 17.8 Å². The first-order valence-electron chi connectivity index (χ1n) is 5.07. The topological polar surface area (TPSA) is 63.0 Å². The predicted octanol–water partition coefficient (Wildman–Crippen LogP) is 1.34. The van der Waals surface area contributed by atoms with Crippen LogP contribution in [-0.4, -0.2) is 34.8 Å². The zero-order chi connectivity index (χ0) is 11.1. The molecule has 0 spiro atoms. The average Bonchev–Trinajstić information content (AvgIpc) is 2.63. The lowest BCUT2D eigenvalue weighted by Crippen LogP contribution is -2.18. The Morgan fingerprint density at radius 3 is 2.93 bits per heavy atom. The standard InChI is InChI=1S/C9H18N4OS/c1-4-15-6-7(2)11-9-13-12-8(14-9)5-10-3/h7,10H,4-6H2,1-3H3,(H,11,13). The second kappa shape index (κ2) is 6.68. The zero-order valence-corrected chi connectivity index (χ0v) is 10.2. The summed E-state index contributed by atoms with van der Waals surface area (Å²) in [6, 6.07) is 0.849. The summed E-state index contributed by atoms with van der Waals surface area (Å²) in [5.74, 6) is 2.77. The molecule has 0 saturated heterocycles. The first-order valence-corrected chi connectivity index (χ1v) is 6.23. The van der Waals surface area contributed by atoms with Crippen molar-refractivity contribution < 1.29 is 4.42 Å². The first-order chi connectivity index (χ1) is 7.26. The Labute approximate surface area is 94.4 Å². The lowest BCUT2D eigenvalue weighted by Gasteiger charge is -2.09. The second-order valence-electron chi connectivity index (χ2n) is 3.24. The van der Waals surface area contributed by atoms with E-state index in [1.165, 1.54) is 0 Å². The molecule has 1 aromatic heterocycles. The molecular formula is C9H18N4OS. The Hall–Kier alpha value is -0.750. The van der Waals surface area contributed by atoms with Gasteiger partial charge in [0.25, 0.3) is 0 Å². The molecule has 86 valence electrons. The molecule has 0 bridgehead atoms. The summed E-state index contributed by atoms with van der Waals surface area (Å²) in [5.41, 5.74) is 0. The van der Waals surface area contributed by atoms with Gasteiger partial charge in [0, 0.05) is 11.8 Å². The Morgan fingerprint density at radius 1 is 1.47 bits per heavy atom. The molecule has 0 fully saturated rings. The van der Waals surface area contributed by atoms with Crippen LogP contribution >= 0.6 is 11.8 Å². The SMILES string of the molecule is CCSCC(C)Nc1nnc(CNC)o1. The maximum Gasteiger partial charge on any atom is 0.315 e. The van der Waals surface area contributed by atoms with E-state index in [2.05, 4.69) is 34.7 Å². The van der Waals surface area contributed by atoms with Crippen molar-refractivity contribution in [3.05, 3.63) is 5.89 Å². The largest absolute Gasteiger partial charge is 0.407 e. The van der Waals surface area contributed by atoms with Crippen LogP contribution < -0.4 is 10.6 Å². The van der Waals surface area contributed by atoms with Crippen molar-refractivity contribution in [1.82, 2.24) is 15.5 Å². The highest BCUT2D eigenvalue weighted by molar-refractivity contribution is 7.99. The molecule has 0 saturated carbocycles. The van der Waals surface area contributed by atoms with E-state index in [1.54, 1.807) is 0 Å². The van der Waals surface area contributed by atoms with Crippen LogP contribution in [0.25, 0.3) is 0 Å². The first kappa shape index (κ1) is 12.3. The van der Waals surface area contributed by atoms with Crippen LogP contribution in [0.2, 0.25) is 0 Å². The van der Waals surface area contributed by atoms with E-state index in [0.717, 1.165) is 11.5 Å². The molecule has 0 aliphatic heterocycles. The summed E-state index contributed by atoms with van der Waals surface area (Å²) >= 11 is 1.89. The number of thioether (sulfide) groups is 1. The normalized spacial score (nSPS) is 12.7. The Balaban J connectivity index is 2.35. The molecule has 15 heavy (non-hydrogen) atoms. The Kier molecular flexibility index (Phi) is 5.49. The molecule has 6 heteroatoms. The zero-order valence-electron chi connectivity index (χ0n) is 9.41.